The van der Waals surface area contributed by atoms with Crippen LogP contribution < -0.4 is 0 Å². The summed E-state index contributed by atoms with van der Waals surface area (Å²) in [6.07, 6.45) is 21.1. The van der Waals surface area contributed by atoms with Gasteiger partial charge in [-0.1, -0.05) is 116 Å². The van der Waals surface area contributed by atoms with Gasteiger partial charge in [-0.05, 0) is 38.5 Å². The van der Waals surface area contributed by atoms with Crippen molar-refractivity contribution in [3.63, 3.8) is 0 Å². The van der Waals surface area contributed by atoms with E-state index in [4.69, 9.17) is 0 Å². The number of hydrogen-bond acceptors (Lipinski definition) is 0. The van der Waals surface area contributed by atoms with Crippen molar-refractivity contribution in [1.29, 1.82) is 0 Å². The number of allylic oxidation sites excluding steroid dienone is 2. The van der Waals surface area contributed by atoms with E-state index in [-0.39, 0.29) is 0 Å². The van der Waals surface area contributed by atoms with Gasteiger partial charge in [0, 0.05) is 0 Å². The predicted molar refractivity (Wildman–Crippen MR) is 113 cm³/mol. The van der Waals surface area contributed by atoms with E-state index in [1.165, 1.54) is 96.3 Å². The minimum absolute atomic E-state index is 0.399. The van der Waals surface area contributed by atoms with E-state index in [1.807, 2.05) is 0 Å². The molecule has 24 heavy (non-hydrogen) atoms. The molecule has 0 unspecified atom stereocenters. The summed E-state index contributed by atoms with van der Waals surface area (Å²) >= 11 is 0. The van der Waals surface area contributed by atoms with Gasteiger partial charge in [-0.2, -0.15) is 0 Å². The van der Waals surface area contributed by atoms with Crippen LogP contribution >= 0.6 is 0 Å². The lowest BCUT2D eigenvalue weighted by Gasteiger charge is -2.28. The van der Waals surface area contributed by atoms with E-state index in [0.29, 0.717) is 5.41 Å². The highest BCUT2D eigenvalue weighted by Crippen LogP contribution is 2.35. The molecule has 0 bridgehead atoms. The van der Waals surface area contributed by atoms with Crippen molar-refractivity contribution in [3.05, 3.63) is 11.1 Å². The summed E-state index contributed by atoms with van der Waals surface area (Å²) in [5.41, 5.74) is 3.73. The van der Waals surface area contributed by atoms with E-state index in [0.717, 1.165) is 0 Å². The third-order valence-corrected chi connectivity index (χ3v) is 5.97. The number of unbranched alkanes of at least 4 members (excludes halogenated alkanes) is 11. The lowest BCUT2D eigenvalue weighted by molar-refractivity contribution is 0.379. The Labute approximate surface area is 154 Å². The van der Waals surface area contributed by atoms with Crippen LogP contribution in [-0.2, 0) is 0 Å². The lowest BCUT2D eigenvalue weighted by atomic mass is 9.77. The monoisotopic (exact) mass is 336 g/mol. The van der Waals surface area contributed by atoms with E-state index >= 15 is 0 Å². The van der Waals surface area contributed by atoms with Crippen LogP contribution in [0, 0.1) is 5.41 Å². The quantitative estimate of drug-likeness (QED) is 0.194. The molecular formula is C24H48. The van der Waals surface area contributed by atoms with Gasteiger partial charge < -0.3 is 0 Å². The Morgan fingerprint density at radius 3 is 1.50 bits per heavy atom. The smallest absolute Gasteiger partial charge is 0.0145 e. The highest BCUT2D eigenvalue weighted by atomic mass is 14.3. The Kier molecular flexibility index (Phi) is 14.9. The standard InChI is InChI=1S/C24H48/c1-7-9-11-13-14-15-16-18-20-22(3)23(4)24(5,6)21-19-17-12-10-8-2/h7-21H2,1-6H3. The van der Waals surface area contributed by atoms with Crippen molar-refractivity contribution in [1.82, 2.24) is 0 Å². The first-order valence-corrected chi connectivity index (χ1v) is 11.1. The molecule has 0 heterocycles. The highest BCUT2D eigenvalue weighted by molar-refractivity contribution is 5.17. The average Bonchev–Trinajstić information content (AvgIpc) is 2.56. The first-order chi connectivity index (χ1) is 11.5. The molecule has 0 heteroatoms. The lowest BCUT2D eigenvalue weighted by Crippen LogP contribution is -2.14. The zero-order valence-corrected chi connectivity index (χ0v) is 18.1. The fourth-order valence-electron chi connectivity index (χ4n) is 3.65. The number of hydrogen-bond donors (Lipinski definition) is 0. The Bertz CT molecular complexity index is 308. The van der Waals surface area contributed by atoms with Gasteiger partial charge in [0.05, 0.1) is 0 Å². The van der Waals surface area contributed by atoms with Gasteiger partial charge in [0.15, 0.2) is 0 Å². The van der Waals surface area contributed by atoms with Gasteiger partial charge in [0.2, 0.25) is 0 Å². The molecular weight excluding hydrogens is 288 g/mol. The van der Waals surface area contributed by atoms with Crippen molar-refractivity contribution in [2.24, 2.45) is 5.41 Å². The van der Waals surface area contributed by atoms with E-state index in [9.17, 15) is 0 Å². The molecule has 0 aliphatic rings. The third kappa shape index (κ3) is 12.2. The molecule has 0 amide bonds. The minimum atomic E-state index is 0.399. The molecule has 0 aromatic heterocycles. The summed E-state index contributed by atoms with van der Waals surface area (Å²) < 4.78 is 0. The van der Waals surface area contributed by atoms with Crippen LogP contribution in [0.4, 0.5) is 0 Å². The van der Waals surface area contributed by atoms with E-state index in [1.54, 1.807) is 11.1 Å². The van der Waals surface area contributed by atoms with Crippen LogP contribution in [0.5, 0.6) is 0 Å². The first kappa shape index (κ1) is 23.7. The molecule has 0 nitrogen and oxygen atoms in total. The maximum Gasteiger partial charge on any atom is -0.0145 e. The largest absolute Gasteiger partial charge is 0.0739 e. The van der Waals surface area contributed by atoms with E-state index < -0.39 is 0 Å². The molecule has 0 aliphatic carbocycles. The first-order valence-electron chi connectivity index (χ1n) is 11.1. The second-order valence-corrected chi connectivity index (χ2v) is 8.68. The fraction of sp³-hybridized carbons (Fsp3) is 0.917. The Balaban J connectivity index is 3.94. The molecule has 0 aliphatic heterocycles. The molecule has 0 spiro atoms. The van der Waals surface area contributed by atoms with Crippen molar-refractivity contribution in [2.75, 3.05) is 0 Å². The second kappa shape index (κ2) is 15.0. The molecule has 0 aromatic rings. The van der Waals surface area contributed by atoms with E-state index in [2.05, 4.69) is 41.5 Å². The van der Waals surface area contributed by atoms with Gasteiger partial charge in [0.25, 0.3) is 0 Å². The average molecular weight is 337 g/mol. The van der Waals surface area contributed by atoms with Crippen molar-refractivity contribution in [3.8, 4) is 0 Å². The summed E-state index contributed by atoms with van der Waals surface area (Å²) in [6.45, 7) is 14.3. The normalized spacial score (nSPS) is 13.2. The highest BCUT2D eigenvalue weighted by Gasteiger charge is 2.21. The molecule has 0 radical (unpaired) electrons. The second-order valence-electron chi connectivity index (χ2n) is 8.68. The summed E-state index contributed by atoms with van der Waals surface area (Å²) in [5.74, 6) is 0. The fourth-order valence-corrected chi connectivity index (χ4v) is 3.65. The van der Waals surface area contributed by atoms with Gasteiger partial charge in [0.1, 0.15) is 0 Å². The summed E-state index contributed by atoms with van der Waals surface area (Å²) in [6, 6.07) is 0. The predicted octanol–water partition coefficient (Wildman–Crippen LogP) is 9.24. The van der Waals surface area contributed by atoms with Crippen molar-refractivity contribution < 1.29 is 0 Å². The van der Waals surface area contributed by atoms with Crippen molar-refractivity contribution in [2.45, 2.75) is 138 Å². The molecule has 0 saturated carbocycles. The molecule has 0 atom stereocenters. The Morgan fingerprint density at radius 1 is 0.583 bits per heavy atom. The van der Waals surface area contributed by atoms with Gasteiger partial charge in [-0.25, -0.2) is 0 Å². The Morgan fingerprint density at radius 2 is 1.00 bits per heavy atom. The summed E-state index contributed by atoms with van der Waals surface area (Å²) in [5, 5.41) is 0. The number of rotatable bonds is 16. The molecule has 144 valence electrons. The Hall–Kier alpha value is -0.260. The molecule has 0 saturated heterocycles. The van der Waals surface area contributed by atoms with Crippen LogP contribution in [-0.4, -0.2) is 0 Å². The molecule has 0 aromatic carbocycles. The third-order valence-electron chi connectivity index (χ3n) is 5.97. The zero-order chi connectivity index (χ0) is 18.3. The summed E-state index contributed by atoms with van der Waals surface area (Å²) in [7, 11) is 0. The molecule has 0 N–H and O–H groups in total. The molecule has 0 rings (SSSR count). The van der Waals surface area contributed by atoms with Gasteiger partial charge in [-0.15, -0.1) is 0 Å². The van der Waals surface area contributed by atoms with Gasteiger partial charge in [-0.3, -0.25) is 0 Å². The molecule has 0 fully saturated rings. The minimum Gasteiger partial charge on any atom is -0.0739 e. The topological polar surface area (TPSA) is 0 Å². The zero-order valence-electron chi connectivity index (χ0n) is 18.1. The maximum atomic E-state index is 2.46. The van der Waals surface area contributed by atoms with Gasteiger partial charge >= 0.3 is 0 Å². The summed E-state index contributed by atoms with van der Waals surface area (Å²) in [4.78, 5) is 0. The van der Waals surface area contributed by atoms with Crippen LogP contribution in [0.1, 0.15) is 138 Å². The van der Waals surface area contributed by atoms with Crippen molar-refractivity contribution >= 4 is 0 Å². The van der Waals surface area contributed by atoms with Crippen LogP contribution in [0.3, 0.4) is 0 Å². The van der Waals surface area contributed by atoms with Crippen LogP contribution in [0.15, 0.2) is 11.1 Å². The SMILES string of the molecule is CCCCCCCCCCC(C)=C(C)C(C)(C)CCCCCCC. The van der Waals surface area contributed by atoms with Crippen LogP contribution in [0.2, 0.25) is 0 Å². The van der Waals surface area contributed by atoms with Crippen LogP contribution in [0.25, 0.3) is 0 Å². The maximum absolute atomic E-state index is 2.46.